The quantitative estimate of drug-likeness (QED) is 0.712. The summed E-state index contributed by atoms with van der Waals surface area (Å²) in [5.41, 5.74) is 1.75. The van der Waals surface area contributed by atoms with Gasteiger partial charge in [0.15, 0.2) is 4.96 Å². The maximum Gasteiger partial charge on any atom is 0.251 e. The van der Waals surface area contributed by atoms with Crippen LogP contribution in [0, 0.1) is 0 Å². The predicted octanol–water partition coefficient (Wildman–Crippen LogP) is 3.10. The van der Waals surface area contributed by atoms with Gasteiger partial charge >= 0.3 is 0 Å². The zero-order chi connectivity index (χ0) is 17.2. The molecule has 1 N–H and O–H groups in total. The zero-order valence-corrected chi connectivity index (χ0v) is 14.8. The van der Waals surface area contributed by atoms with Gasteiger partial charge in [-0.05, 0) is 44.0 Å². The van der Waals surface area contributed by atoms with Crippen LogP contribution in [-0.2, 0) is 0 Å². The van der Waals surface area contributed by atoms with Crippen LogP contribution in [0.5, 0.6) is 0 Å². The maximum atomic E-state index is 13.1. The number of rotatable bonds is 5. The van der Waals surface area contributed by atoms with Gasteiger partial charge in [-0.2, -0.15) is 0 Å². The average Bonchev–Trinajstić information content (AvgIpc) is 3.20. The smallest absolute Gasteiger partial charge is 0.251 e. The number of halogens is 1. The van der Waals surface area contributed by atoms with Crippen LogP contribution >= 0.6 is 11.3 Å². The fraction of sp³-hybridized carbons (Fsp3) is 0.444. The second kappa shape index (κ2) is 7.09. The number of alkyl halides is 1. The SMILES string of the molecule is O=C(NCCCN1CCC(F)CC1)c1ccc2c(c1)sc1nccn12. The molecule has 1 saturated heterocycles. The fourth-order valence-electron chi connectivity index (χ4n) is 3.31. The lowest BCUT2D eigenvalue weighted by Crippen LogP contribution is -2.36. The number of benzene rings is 1. The zero-order valence-electron chi connectivity index (χ0n) is 13.9. The van der Waals surface area contributed by atoms with Gasteiger partial charge in [0, 0.05) is 37.6 Å². The molecule has 25 heavy (non-hydrogen) atoms. The number of amides is 1. The Labute approximate surface area is 149 Å². The number of fused-ring (bicyclic) bond motifs is 3. The number of imidazole rings is 1. The highest BCUT2D eigenvalue weighted by Crippen LogP contribution is 2.26. The van der Waals surface area contributed by atoms with Gasteiger partial charge in [0.05, 0.1) is 10.2 Å². The van der Waals surface area contributed by atoms with Crippen LogP contribution in [0.2, 0.25) is 0 Å². The van der Waals surface area contributed by atoms with Gasteiger partial charge in [0.25, 0.3) is 5.91 Å². The van der Waals surface area contributed by atoms with Gasteiger partial charge < -0.3 is 10.2 Å². The van der Waals surface area contributed by atoms with E-state index in [2.05, 4.69) is 15.2 Å². The molecule has 1 aromatic carbocycles. The molecule has 1 amide bonds. The fourth-order valence-corrected chi connectivity index (χ4v) is 4.34. The second-order valence-electron chi connectivity index (χ2n) is 6.49. The molecule has 0 bridgehead atoms. The van der Waals surface area contributed by atoms with Crippen molar-refractivity contribution in [2.45, 2.75) is 25.4 Å². The van der Waals surface area contributed by atoms with Gasteiger partial charge in [-0.3, -0.25) is 9.20 Å². The molecule has 1 aliphatic heterocycles. The number of hydrogen-bond acceptors (Lipinski definition) is 4. The first-order chi connectivity index (χ1) is 12.2. The van der Waals surface area contributed by atoms with E-state index in [4.69, 9.17) is 0 Å². The van der Waals surface area contributed by atoms with E-state index in [1.165, 1.54) is 0 Å². The van der Waals surface area contributed by atoms with Crippen molar-refractivity contribution in [3.63, 3.8) is 0 Å². The van der Waals surface area contributed by atoms with E-state index in [1.807, 2.05) is 28.8 Å². The molecular weight excluding hydrogens is 339 g/mol. The van der Waals surface area contributed by atoms with E-state index in [1.54, 1.807) is 17.5 Å². The van der Waals surface area contributed by atoms with Crippen molar-refractivity contribution in [3.05, 3.63) is 36.2 Å². The summed E-state index contributed by atoms with van der Waals surface area (Å²) < 4.78 is 16.2. The number of aromatic nitrogens is 2. The minimum absolute atomic E-state index is 0.0459. The van der Waals surface area contributed by atoms with E-state index in [0.717, 1.165) is 41.2 Å². The van der Waals surface area contributed by atoms with Crippen molar-refractivity contribution in [3.8, 4) is 0 Å². The van der Waals surface area contributed by atoms with E-state index in [-0.39, 0.29) is 5.91 Å². The Balaban J connectivity index is 1.31. The number of piperidine rings is 1. The molecule has 0 radical (unpaired) electrons. The summed E-state index contributed by atoms with van der Waals surface area (Å²) in [5.74, 6) is -0.0459. The van der Waals surface area contributed by atoms with Gasteiger partial charge in [-0.1, -0.05) is 11.3 Å². The number of carbonyl (C=O) groups is 1. The van der Waals surface area contributed by atoms with E-state index in [0.29, 0.717) is 24.9 Å². The van der Waals surface area contributed by atoms with Crippen LogP contribution in [0.4, 0.5) is 4.39 Å². The number of thiazole rings is 1. The third-order valence-corrected chi connectivity index (χ3v) is 5.77. The van der Waals surface area contributed by atoms with Crippen molar-refractivity contribution in [2.24, 2.45) is 0 Å². The maximum absolute atomic E-state index is 13.1. The normalized spacial score (nSPS) is 16.7. The summed E-state index contributed by atoms with van der Waals surface area (Å²) in [6.07, 6.45) is 5.23. The van der Waals surface area contributed by atoms with Crippen molar-refractivity contribution in [1.82, 2.24) is 19.6 Å². The highest BCUT2D eigenvalue weighted by atomic mass is 32.1. The molecule has 7 heteroatoms. The van der Waals surface area contributed by atoms with Crippen LogP contribution in [0.3, 0.4) is 0 Å². The number of likely N-dealkylation sites (tertiary alicyclic amines) is 1. The third-order valence-electron chi connectivity index (χ3n) is 4.74. The summed E-state index contributed by atoms with van der Waals surface area (Å²) in [4.78, 5) is 19.8. The third kappa shape index (κ3) is 3.52. The Bertz CT molecular complexity index is 882. The van der Waals surface area contributed by atoms with Gasteiger partial charge in [0.1, 0.15) is 6.17 Å². The summed E-state index contributed by atoms with van der Waals surface area (Å²) >= 11 is 1.58. The van der Waals surface area contributed by atoms with Crippen LogP contribution in [0.15, 0.2) is 30.6 Å². The molecule has 4 rings (SSSR count). The molecule has 2 aromatic heterocycles. The molecule has 5 nitrogen and oxygen atoms in total. The lowest BCUT2D eigenvalue weighted by Gasteiger charge is -2.28. The van der Waals surface area contributed by atoms with Crippen molar-refractivity contribution in [1.29, 1.82) is 0 Å². The summed E-state index contributed by atoms with van der Waals surface area (Å²) in [6, 6.07) is 5.75. The number of nitrogens with zero attached hydrogens (tertiary/aromatic N) is 3. The van der Waals surface area contributed by atoms with Gasteiger partial charge in [-0.25, -0.2) is 9.37 Å². The molecule has 1 fully saturated rings. The molecule has 3 aromatic rings. The molecule has 0 saturated carbocycles. The highest BCUT2D eigenvalue weighted by molar-refractivity contribution is 7.23. The minimum atomic E-state index is -0.633. The number of nitrogens with one attached hydrogen (secondary N) is 1. The molecule has 0 aliphatic carbocycles. The van der Waals surface area contributed by atoms with Crippen molar-refractivity contribution in [2.75, 3.05) is 26.2 Å². The second-order valence-corrected chi connectivity index (χ2v) is 7.50. The Morgan fingerprint density at radius 2 is 2.20 bits per heavy atom. The Morgan fingerprint density at radius 3 is 3.04 bits per heavy atom. The number of carbonyl (C=O) groups excluding carboxylic acids is 1. The van der Waals surface area contributed by atoms with Gasteiger partial charge in [0.2, 0.25) is 0 Å². The first-order valence-corrected chi connectivity index (χ1v) is 9.52. The molecule has 0 unspecified atom stereocenters. The summed E-state index contributed by atoms with van der Waals surface area (Å²) in [6.45, 7) is 3.20. The highest BCUT2D eigenvalue weighted by Gasteiger charge is 2.17. The first kappa shape index (κ1) is 16.5. The largest absolute Gasteiger partial charge is 0.352 e. The minimum Gasteiger partial charge on any atom is -0.352 e. The Hall–Kier alpha value is -1.99. The molecule has 0 spiro atoms. The van der Waals surface area contributed by atoms with E-state index in [9.17, 15) is 9.18 Å². The molecule has 3 heterocycles. The molecule has 0 atom stereocenters. The Morgan fingerprint density at radius 1 is 1.36 bits per heavy atom. The summed E-state index contributed by atoms with van der Waals surface area (Å²) in [5, 5.41) is 2.98. The van der Waals surface area contributed by atoms with Gasteiger partial charge in [-0.15, -0.1) is 0 Å². The Kier molecular flexibility index (Phi) is 4.67. The van der Waals surface area contributed by atoms with Crippen LogP contribution in [-0.4, -0.2) is 52.5 Å². The lowest BCUT2D eigenvalue weighted by molar-refractivity contribution is 0.0950. The molecule has 132 valence electrons. The van der Waals surface area contributed by atoms with Crippen molar-refractivity contribution < 1.29 is 9.18 Å². The van der Waals surface area contributed by atoms with Crippen molar-refractivity contribution >= 4 is 32.4 Å². The van der Waals surface area contributed by atoms with Crippen LogP contribution in [0.25, 0.3) is 15.2 Å². The molecule has 1 aliphatic rings. The topological polar surface area (TPSA) is 49.6 Å². The predicted molar refractivity (Wildman–Crippen MR) is 98.1 cm³/mol. The standard InChI is InChI=1S/C18H21FN4OS/c19-14-4-9-22(10-5-14)8-1-6-20-17(24)13-2-3-15-16(12-13)25-18-21-7-11-23(15)18/h2-3,7,11-12,14H,1,4-6,8-10H2,(H,20,24). The molecular formula is C18H21FN4OS. The van der Waals surface area contributed by atoms with E-state index >= 15 is 0 Å². The van der Waals surface area contributed by atoms with Crippen LogP contribution < -0.4 is 5.32 Å². The average molecular weight is 360 g/mol. The monoisotopic (exact) mass is 360 g/mol. The number of hydrogen-bond donors (Lipinski definition) is 1. The summed E-state index contributed by atoms with van der Waals surface area (Å²) in [7, 11) is 0. The van der Waals surface area contributed by atoms with E-state index < -0.39 is 6.17 Å². The van der Waals surface area contributed by atoms with Crippen LogP contribution in [0.1, 0.15) is 29.6 Å². The lowest BCUT2D eigenvalue weighted by atomic mass is 10.1. The first-order valence-electron chi connectivity index (χ1n) is 8.71.